The van der Waals surface area contributed by atoms with Crippen LogP contribution in [0.4, 0.5) is 10.5 Å². The monoisotopic (exact) mass is 445 g/mol. The summed E-state index contributed by atoms with van der Waals surface area (Å²) in [5, 5.41) is 8.34. The minimum Gasteiger partial charge on any atom is -0.497 e. The van der Waals surface area contributed by atoms with Gasteiger partial charge in [0.2, 0.25) is 0 Å². The number of nitrogens with one attached hydrogen (secondary N) is 3. The number of rotatable bonds is 5. The molecule has 2 aromatic rings. The lowest BCUT2D eigenvalue weighted by Crippen LogP contribution is -2.46. The van der Waals surface area contributed by atoms with E-state index in [0.29, 0.717) is 28.5 Å². The molecule has 3 amide bonds. The van der Waals surface area contributed by atoms with E-state index in [4.69, 9.17) is 9.47 Å². The molecular weight excluding hydrogens is 426 g/mol. The first-order valence-corrected chi connectivity index (χ1v) is 9.30. The number of methoxy groups -OCH3 is 2. The molecule has 1 atom stereocenters. The Balaban J connectivity index is 2.00. The fourth-order valence-electron chi connectivity index (χ4n) is 3.04. The minimum absolute atomic E-state index is 0.364. The van der Waals surface area contributed by atoms with Crippen LogP contribution in [-0.4, -0.2) is 26.2 Å². The number of hydrogen-bond donors (Lipinski definition) is 3. The summed E-state index contributed by atoms with van der Waals surface area (Å²) in [5.41, 5.74) is 2.12. The van der Waals surface area contributed by atoms with Gasteiger partial charge >= 0.3 is 6.03 Å². The summed E-state index contributed by atoms with van der Waals surface area (Å²) >= 11 is 3.49. The fourth-order valence-corrected chi connectivity index (χ4v) is 3.55. The molecule has 0 spiro atoms. The molecule has 1 heterocycles. The quantitative estimate of drug-likeness (QED) is 0.653. The largest absolute Gasteiger partial charge is 0.497 e. The predicted molar refractivity (Wildman–Crippen MR) is 109 cm³/mol. The molecule has 0 unspecified atom stereocenters. The van der Waals surface area contributed by atoms with E-state index in [2.05, 4.69) is 31.9 Å². The van der Waals surface area contributed by atoms with E-state index >= 15 is 0 Å². The highest BCUT2D eigenvalue weighted by molar-refractivity contribution is 9.10. The second-order valence-corrected chi connectivity index (χ2v) is 6.97. The molecule has 1 aliphatic heterocycles. The van der Waals surface area contributed by atoms with Crippen LogP contribution in [0.1, 0.15) is 18.5 Å². The van der Waals surface area contributed by atoms with Gasteiger partial charge in [0.15, 0.2) is 0 Å². The number of halogens is 1. The Morgan fingerprint density at radius 3 is 2.57 bits per heavy atom. The molecule has 28 heavy (non-hydrogen) atoms. The van der Waals surface area contributed by atoms with E-state index in [-0.39, 0.29) is 11.9 Å². The number of urea groups is 1. The molecule has 1 aliphatic rings. The van der Waals surface area contributed by atoms with Gasteiger partial charge in [0.1, 0.15) is 11.5 Å². The summed E-state index contributed by atoms with van der Waals surface area (Å²) in [4.78, 5) is 25.2. The predicted octanol–water partition coefficient (Wildman–Crippen LogP) is 3.73. The van der Waals surface area contributed by atoms with Gasteiger partial charge in [-0.1, -0.05) is 34.1 Å². The van der Waals surface area contributed by atoms with Crippen LogP contribution in [0.15, 0.2) is 58.2 Å². The van der Waals surface area contributed by atoms with E-state index in [0.717, 1.165) is 10.0 Å². The summed E-state index contributed by atoms with van der Waals surface area (Å²) in [6.45, 7) is 1.69. The maximum absolute atomic E-state index is 13.2. The van der Waals surface area contributed by atoms with Gasteiger partial charge in [-0.2, -0.15) is 0 Å². The van der Waals surface area contributed by atoms with Crippen LogP contribution < -0.4 is 25.4 Å². The van der Waals surface area contributed by atoms with Crippen LogP contribution in [0.3, 0.4) is 0 Å². The lowest BCUT2D eigenvalue weighted by atomic mass is 9.95. The van der Waals surface area contributed by atoms with Crippen LogP contribution in [0, 0.1) is 0 Å². The van der Waals surface area contributed by atoms with Crippen LogP contribution in [-0.2, 0) is 4.79 Å². The van der Waals surface area contributed by atoms with Gasteiger partial charge in [-0.3, -0.25) is 4.79 Å². The lowest BCUT2D eigenvalue weighted by Gasteiger charge is -2.29. The third kappa shape index (κ3) is 3.96. The van der Waals surface area contributed by atoms with Gasteiger partial charge in [-0.25, -0.2) is 4.79 Å². The van der Waals surface area contributed by atoms with Crippen molar-refractivity contribution in [2.24, 2.45) is 0 Å². The second-order valence-electron chi connectivity index (χ2n) is 6.11. The smallest absolute Gasteiger partial charge is 0.319 e. The molecule has 0 aromatic heterocycles. The first kappa shape index (κ1) is 19.8. The van der Waals surface area contributed by atoms with Gasteiger partial charge < -0.3 is 25.4 Å². The van der Waals surface area contributed by atoms with E-state index in [1.165, 1.54) is 7.11 Å². The molecule has 8 heteroatoms. The molecule has 0 fully saturated rings. The summed E-state index contributed by atoms with van der Waals surface area (Å²) in [7, 11) is 3.07. The van der Waals surface area contributed by atoms with Gasteiger partial charge in [0.05, 0.1) is 31.5 Å². The van der Waals surface area contributed by atoms with Crippen LogP contribution in [0.25, 0.3) is 0 Å². The molecule has 0 bridgehead atoms. The zero-order chi connectivity index (χ0) is 20.3. The summed E-state index contributed by atoms with van der Waals surface area (Å²) in [6.07, 6.45) is 0. The van der Waals surface area contributed by atoms with Crippen molar-refractivity contribution in [3.63, 3.8) is 0 Å². The van der Waals surface area contributed by atoms with Crippen LogP contribution in [0.5, 0.6) is 11.5 Å². The van der Waals surface area contributed by atoms with Gasteiger partial charge in [-0.05, 0) is 30.7 Å². The van der Waals surface area contributed by atoms with Crippen molar-refractivity contribution in [1.82, 2.24) is 10.6 Å². The van der Waals surface area contributed by atoms with Crippen LogP contribution in [0.2, 0.25) is 0 Å². The number of carbonyl (C=O) groups is 2. The Bertz CT molecular complexity index is 958. The van der Waals surface area contributed by atoms with Crippen LogP contribution >= 0.6 is 15.9 Å². The number of allylic oxidation sites excluding steroid dienone is 1. The summed E-state index contributed by atoms with van der Waals surface area (Å²) in [5.74, 6) is 0.717. The van der Waals surface area contributed by atoms with Crippen molar-refractivity contribution < 1.29 is 19.1 Å². The van der Waals surface area contributed by atoms with Crippen molar-refractivity contribution in [2.45, 2.75) is 13.0 Å². The normalized spacial score (nSPS) is 16.1. The van der Waals surface area contributed by atoms with Crippen molar-refractivity contribution in [2.75, 3.05) is 19.5 Å². The molecule has 3 N–H and O–H groups in total. The Hall–Kier alpha value is -3.00. The molecule has 3 rings (SSSR count). The van der Waals surface area contributed by atoms with Crippen molar-refractivity contribution in [3.05, 3.63) is 63.8 Å². The fraction of sp³-hybridized carbons (Fsp3) is 0.200. The highest BCUT2D eigenvalue weighted by Gasteiger charge is 2.32. The number of ether oxygens (including phenoxy) is 2. The SMILES string of the molecule is COc1ccc(OC)c(NC(=O)C2=C(C)NC(=O)N[C@H]2c2ccccc2Br)c1. The average Bonchev–Trinajstić information content (AvgIpc) is 2.67. The zero-order valence-electron chi connectivity index (χ0n) is 15.6. The van der Waals surface area contributed by atoms with Gasteiger partial charge in [0, 0.05) is 16.2 Å². The van der Waals surface area contributed by atoms with Gasteiger partial charge in [0.25, 0.3) is 5.91 Å². The zero-order valence-corrected chi connectivity index (χ0v) is 17.2. The molecule has 146 valence electrons. The Labute approximate surface area is 171 Å². The maximum Gasteiger partial charge on any atom is 0.319 e. The highest BCUT2D eigenvalue weighted by atomic mass is 79.9. The van der Waals surface area contributed by atoms with Crippen molar-refractivity contribution in [1.29, 1.82) is 0 Å². The standard InChI is InChI=1S/C20H20BrN3O4/c1-11-17(18(24-20(26)22-11)13-6-4-5-7-14(13)21)19(25)23-15-10-12(27-2)8-9-16(15)28-3/h4-10,18H,1-3H3,(H,23,25)(H2,22,24,26)/t18-/m0/s1. The Morgan fingerprint density at radius 2 is 1.89 bits per heavy atom. The molecule has 2 aromatic carbocycles. The topological polar surface area (TPSA) is 88.7 Å². The van der Waals surface area contributed by atoms with Gasteiger partial charge in [-0.15, -0.1) is 0 Å². The van der Waals surface area contributed by atoms with E-state index in [1.807, 2.05) is 24.3 Å². The Kier molecular flexibility index (Phi) is 5.89. The summed E-state index contributed by atoms with van der Waals surface area (Å²) < 4.78 is 11.3. The molecule has 0 radical (unpaired) electrons. The second kappa shape index (κ2) is 8.35. The summed E-state index contributed by atoms with van der Waals surface area (Å²) in [6, 6.07) is 11.6. The minimum atomic E-state index is -0.610. The average molecular weight is 446 g/mol. The molecule has 0 saturated heterocycles. The molecule has 0 saturated carbocycles. The Morgan fingerprint density at radius 1 is 1.14 bits per heavy atom. The number of amides is 3. The third-order valence-electron chi connectivity index (χ3n) is 4.38. The number of anilines is 1. The van der Waals surface area contributed by atoms with E-state index in [9.17, 15) is 9.59 Å². The maximum atomic E-state index is 13.2. The van der Waals surface area contributed by atoms with Crippen molar-refractivity contribution in [3.8, 4) is 11.5 Å². The molecule has 7 nitrogen and oxygen atoms in total. The first-order chi connectivity index (χ1) is 13.4. The lowest BCUT2D eigenvalue weighted by molar-refractivity contribution is -0.113. The molecule has 0 aliphatic carbocycles. The first-order valence-electron chi connectivity index (χ1n) is 8.50. The third-order valence-corrected chi connectivity index (χ3v) is 5.11. The highest BCUT2D eigenvalue weighted by Crippen LogP contribution is 2.34. The number of hydrogen-bond acceptors (Lipinski definition) is 4. The molecular formula is C20H20BrN3O4. The number of benzene rings is 2. The van der Waals surface area contributed by atoms with E-state index < -0.39 is 6.04 Å². The van der Waals surface area contributed by atoms with Crippen molar-refractivity contribution >= 4 is 33.6 Å². The van der Waals surface area contributed by atoms with E-state index in [1.54, 1.807) is 32.2 Å². The number of carbonyl (C=O) groups excluding carboxylic acids is 2.